The molecule has 2 atom stereocenters. The molecule has 0 aliphatic rings. The number of rotatable bonds is 8. The van der Waals surface area contributed by atoms with E-state index in [1.165, 1.54) is 21.3 Å². The zero-order valence-corrected chi connectivity index (χ0v) is 12.9. The first-order valence-corrected chi connectivity index (χ1v) is 6.75. The van der Waals surface area contributed by atoms with E-state index in [4.69, 9.17) is 25.1 Å². The fourth-order valence-electron chi connectivity index (χ4n) is 2.30. The van der Waals surface area contributed by atoms with E-state index in [1.54, 1.807) is 12.1 Å². The van der Waals surface area contributed by atoms with Gasteiger partial charge in [-0.1, -0.05) is 6.92 Å². The van der Waals surface area contributed by atoms with Crippen molar-refractivity contribution in [2.24, 2.45) is 5.73 Å². The van der Waals surface area contributed by atoms with E-state index in [9.17, 15) is 4.79 Å². The topological polar surface area (TPSA) is 91.0 Å². The molecule has 0 aromatic heterocycles. The quantitative estimate of drug-likeness (QED) is 0.762. The largest absolute Gasteiger partial charge is 0.493 e. The van der Waals surface area contributed by atoms with Crippen molar-refractivity contribution in [2.45, 2.75) is 31.7 Å². The van der Waals surface area contributed by atoms with Crippen LogP contribution >= 0.6 is 0 Å². The van der Waals surface area contributed by atoms with Crippen LogP contribution in [0.4, 0.5) is 0 Å². The van der Waals surface area contributed by atoms with Crippen LogP contribution < -0.4 is 19.9 Å². The molecule has 6 heteroatoms. The zero-order valence-electron chi connectivity index (χ0n) is 12.9. The lowest BCUT2D eigenvalue weighted by Crippen LogP contribution is -2.29. The van der Waals surface area contributed by atoms with Gasteiger partial charge in [-0.15, -0.1) is 0 Å². The van der Waals surface area contributed by atoms with Gasteiger partial charge in [-0.2, -0.15) is 0 Å². The van der Waals surface area contributed by atoms with Gasteiger partial charge < -0.3 is 25.1 Å². The smallest absolute Gasteiger partial charge is 0.304 e. The van der Waals surface area contributed by atoms with E-state index in [1.807, 2.05) is 6.92 Å². The SMILES string of the molecule is CCC(N)C(CC(=O)O)c1cc(OC)c(OC)c(OC)c1. The summed E-state index contributed by atoms with van der Waals surface area (Å²) in [5.41, 5.74) is 6.84. The predicted molar refractivity (Wildman–Crippen MR) is 79.4 cm³/mol. The Balaban J connectivity index is 3.33. The number of nitrogens with two attached hydrogens (primary N) is 1. The number of carbonyl (C=O) groups is 1. The highest BCUT2D eigenvalue weighted by molar-refractivity contribution is 5.68. The molecule has 0 saturated carbocycles. The lowest BCUT2D eigenvalue weighted by molar-refractivity contribution is -0.137. The number of ether oxygens (including phenoxy) is 3. The zero-order chi connectivity index (χ0) is 16.0. The Morgan fingerprint density at radius 3 is 2.05 bits per heavy atom. The summed E-state index contributed by atoms with van der Waals surface area (Å²) in [5.74, 6) is 0.248. The molecule has 6 nitrogen and oxygen atoms in total. The Labute approximate surface area is 124 Å². The number of carboxylic acid groups (broad SMARTS) is 1. The van der Waals surface area contributed by atoms with Crippen molar-refractivity contribution >= 4 is 5.97 Å². The number of carboxylic acids is 1. The fraction of sp³-hybridized carbons (Fsp3) is 0.533. The first-order valence-electron chi connectivity index (χ1n) is 6.75. The summed E-state index contributed by atoms with van der Waals surface area (Å²) in [4.78, 5) is 11.1. The minimum absolute atomic E-state index is 0.0480. The first kappa shape index (κ1) is 17.1. The standard InChI is InChI=1S/C15H23NO5/c1-5-11(16)10(8-14(17)18)9-6-12(19-2)15(21-4)13(7-9)20-3/h6-7,10-11H,5,8,16H2,1-4H3,(H,17,18). The minimum atomic E-state index is -0.891. The molecule has 0 radical (unpaired) electrons. The number of hydrogen-bond acceptors (Lipinski definition) is 5. The first-order chi connectivity index (χ1) is 9.98. The van der Waals surface area contributed by atoms with E-state index in [0.717, 1.165) is 5.56 Å². The maximum atomic E-state index is 11.1. The van der Waals surface area contributed by atoms with Crippen molar-refractivity contribution in [1.82, 2.24) is 0 Å². The Morgan fingerprint density at radius 2 is 1.71 bits per heavy atom. The number of hydrogen-bond donors (Lipinski definition) is 2. The molecular formula is C15H23NO5. The molecule has 0 aliphatic carbocycles. The average molecular weight is 297 g/mol. The van der Waals surface area contributed by atoms with Gasteiger partial charge in [0, 0.05) is 12.0 Å². The molecule has 118 valence electrons. The number of benzene rings is 1. The van der Waals surface area contributed by atoms with Crippen molar-refractivity contribution in [3.63, 3.8) is 0 Å². The second-order valence-electron chi connectivity index (χ2n) is 4.74. The van der Waals surface area contributed by atoms with Gasteiger partial charge in [-0.05, 0) is 24.1 Å². The van der Waals surface area contributed by atoms with Crippen LogP contribution in [-0.4, -0.2) is 38.4 Å². The van der Waals surface area contributed by atoms with Crippen LogP contribution in [0.1, 0.15) is 31.2 Å². The average Bonchev–Trinajstić information content (AvgIpc) is 2.49. The predicted octanol–water partition coefficient (Wildman–Crippen LogP) is 2.01. The minimum Gasteiger partial charge on any atom is -0.493 e. The Hall–Kier alpha value is -1.95. The van der Waals surface area contributed by atoms with E-state index in [-0.39, 0.29) is 18.4 Å². The lowest BCUT2D eigenvalue weighted by Gasteiger charge is -2.23. The van der Waals surface area contributed by atoms with Gasteiger partial charge in [0.15, 0.2) is 11.5 Å². The van der Waals surface area contributed by atoms with Gasteiger partial charge in [0.05, 0.1) is 27.8 Å². The second-order valence-corrected chi connectivity index (χ2v) is 4.74. The Bertz CT molecular complexity index is 464. The van der Waals surface area contributed by atoms with Crippen LogP contribution in [0, 0.1) is 0 Å². The van der Waals surface area contributed by atoms with Crippen molar-refractivity contribution in [3.8, 4) is 17.2 Å². The summed E-state index contributed by atoms with van der Waals surface area (Å²) < 4.78 is 15.9. The highest BCUT2D eigenvalue weighted by Gasteiger charge is 2.25. The third-order valence-corrected chi connectivity index (χ3v) is 3.50. The van der Waals surface area contributed by atoms with Crippen LogP contribution in [0.15, 0.2) is 12.1 Å². The van der Waals surface area contributed by atoms with E-state index >= 15 is 0 Å². The molecule has 3 N–H and O–H groups in total. The van der Waals surface area contributed by atoms with Gasteiger partial charge in [0.25, 0.3) is 0 Å². The number of methoxy groups -OCH3 is 3. The molecule has 0 amide bonds. The van der Waals surface area contributed by atoms with Gasteiger partial charge in [0.2, 0.25) is 5.75 Å². The van der Waals surface area contributed by atoms with E-state index < -0.39 is 5.97 Å². The van der Waals surface area contributed by atoms with Crippen molar-refractivity contribution < 1.29 is 24.1 Å². The van der Waals surface area contributed by atoms with Crippen LogP contribution in [0.2, 0.25) is 0 Å². The van der Waals surface area contributed by atoms with Crippen molar-refractivity contribution in [2.75, 3.05) is 21.3 Å². The summed E-state index contributed by atoms with van der Waals surface area (Å²) >= 11 is 0. The van der Waals surface area contributed by atoms with Gasteiger partial charge >= 0.3 is 5.97 Å². The van der Waals surface area contributed by atoms with E-state index in [2.05, 4.69) is 0 Å². The molecule has 0 aliphatic heterocycles. The van der Waals surface area contributed by atoms with Gasteiger partial charge in [0.1, 0.15) is 0 Å². The maximum Gasteiger partial charge on any atom is 0.304 e. The summed E-state index contributed by atoms with van der Waals surface area (Å²) in [6, 6.07) is 3.25. The highest BCUT2D eigenvalue weighted by atomic mass is 16.5. The molecule has 0 heterocycles. The summed E-state index contributed by atoms with van der Waals surface area (Å²) in [6.45, 7) is 1.93. The molecule has 21 heavy (non-hydrogen) atoms. The third kappa shape index (κ3) is 4.01. The molecule has 1 aromatic rings. The maximum absolute atomic E-state index is 11.1. The van der Waals surface area contributed by atoms with Crippen molar-refractivity contribution in [3.05, 3.63) is 17.7 Å². The van der Waals surface area contributed by atoms with Gasteiger partial charge in [-0.3, -0.25) is 4.79 Å². The van der Waals surface area contributed by atoms with Crippen LogP contribution in [0.25, 0.3) is 0 Å². The van der Waals surface area contributed by atoms with Crippen LogP contribution in [0.5, 0.6) is 17.2 Å². The third-order valence-electron chi connectivity index (χ3n) is 3.50. The Morgan fingerprint density at radius 1 is 1.19 bits per heavy atom. The Kier molecular flexibility index (Phi) is 6.30. The summed E-state index contributed by atoms with van der Waals surface area (Å²) in [7, 11) is 4.56. The molecule has 1 aromatic carbocycles. The molecule has 1 rings (SSSR count). The highest BCUT2D eigenvalue weighted by Crippen LogP contribution is 2.41. The van der Waals surface area contributed by atoms with Crippen LogP contribution in [0.3, 0.4) is 0 Å². The monoisotopic (exact) mass is 297 g/mol. The fourth-order valence-corrected chi connectivity index (χ4v) is 2.30. The molecule has 0 saturated heterocycles. The van der Waals surface area contributed by atoms with Gasteiger partial charge in [-0.25, -0.2) is 0 Å². The molecule has 0 spiro atoms. The summed E-state index contributed by atoms with van der Waals surface area (Å²) in [6.07, 6.45) is 0.627. The molecule has 0 fully saturated rings. The second kappa shape index (κ2) is 7.73. The normalized spacial score (nSPS) is 13.4. The van der Waals surface area contributed by atoms with E-state index in [0.29, 0.717) is 23.7 Å². The lowest BCUT2D eigenvalue weighted by atomic mass is 9.87. The molecular weight excluding hydrogens is 274 g/mol. The van der Waals surface area contributed by atoms with Crippen molar-refractivity contribution in [1.29, 1.82) is 0 Å². The number of aliphatic carboxylic acids is 1. The summed E-state index contributed by atoms with van der Waals surface area (Å²) in [5, 5.41) is 9.10. The molecule has 2 unspecified atom stereocenters. The molecule has 0 bridgehead atoms. The van der Waals surface area contributed by atoms with Crippen LogP contribution in [-0.2, 0) is 4.79 Å².